The maximum absolute atomic E-state index is 3.54. The van der Waals surface area contributed by atoms with Crippen molar-refractivity contribution in [3.8, 4) is 0 Å². The molecule has 0 aliphatic carbocycles. The molecule has 0 saturated heterocycles. The van der Waals surface area contributed by atoms with Gasteiger partial charge in [0, 0.05) is 16.9 Å². The van der Waals surface area contributed by atoms with Gasteiger partial charge in [0.15, 0.2) is 0 Å². The lowest BCUT2D eigenvalue weighted by Gasteiger charge is -2.05. The molecule has 12 heavy (non-hydrogen) atoms. The molecule has 0 unspecified atom stereocenters. The van der Waals surface area contributed by atoms with Crippen LogP contribution < -0.4 is 5.32 Å². The molecule has 2 rings (SSSR count). The molecule has 1 aliphatic rings. The lowest BCUT2D eigenvalue weighted by atomic mass is 9.99. The minimum absolute atomic E-state index is 0.706. The van der Waals surface area contributed by atoms with Gasteiger partial charge in [0.1, 0.15) is 0 Å². The molecule has 0 aromatic heterocycles. The largest absolute Gasteiger partial charge is 0.383 e. The Labute approximate surface area is 81.3 Å². The molecule has 64 valence electrons. The minimum atomic E-state index is 0.706. The average molecular weight is 226 g/mol. The fraction of sp³-hybridized carbons (Fsp3) is 0.400. The molecule has 0 radical (unpaired) electrons. The van der Waals surface area contributed by atoms with Crippen LogP contribution in [0.2, 0.25) is 0 Å². The Morgan fingerprint density at radius 1 is 1.58 bits per heavy atom. The quantitative estimate of drug-likeness (QED) is 0.774. The second-order valence-corrected chi connectivity index (χ2v) is 4.04. The molecule has 1 nitrogen and oxygen atoms in total. The maximum Gasteiger partial charge on any atom is 0.0520 e. The number of rotatable bonds is 1. The first-order valence-corrected chi connectivity index (χ1v) is 5.14. The summed E-state index contributed by atoms with van der Waals surface area (Å²) in [6.07, 6.45) is 1.22. The zero-order valence-corrected chi connectivity index (χ0v) is 8.69. The molecule has 0 bridgehead atoms. The number of fused-ring (bicyclic) bond motifs is 1. The van der Waals surface area contributed by atoms with Crippen molar-refractivity contribution in [2.75, 3.05) is 11.9 Å². The highest BCUT2D eigenvalue weighted by molar-refractivity contribution is 9.10. The van der Waals surface area contributed by atoms with Crippen LogP contribution in [-0.2, 0) is 0 Å². The normalized spacial score (nSPS) is 20.3. The number of nitrogens with one attached hydrogen (secondary N) is 1. The van der Waals surface area contributed by atoms with Crippen molar-refractivity contribution in [2.45, 2.75) is 19.3 Å². The average Bonchev–Trinajstić information content (AvgIpc) is 2.49. The Bertz CT molecular complexity index is 296. The van der Waals surface area contributed by atoms with Gasteiger partial charge in [-0.2, -0.15) is 0 Å². The van der Waals surface area contributed by atoms with E-state index in [1.807, 2.05) is 0 Å². The van der Waals surface area contributed by atoms with Crippen LogP contribution in [0, 0.1) is 0 Å². The second kappa shape index (κ2) is 3.09. The van der Waals surface area contributed by atoms with Crippen LogP contribution in [0.1, 0.15) is 24.8 Å². The summed E-state index contributed by atoms with van der Waals surface area (Å²) in [6.45, 7) is 3.33. The molecule has 0 amide bonds. The molecule has 1 atom stereocenters. The Kier molecular flexibility index (Phi) is 2.09. The van der Waals surface area contributed by atoms with E-state index in [-0.39, 0.29) is 0 Å². The molecular formula is C10H12BrN. The second-order valence-electron chi connectivity index (χ2n) is 3.19. The van der Waals surface area contributed by atoms with E-state index in [0.717, 1.165) is 6.54 Å². The standard InChI is InChI=1S/C10H12BrN/c1-2-7-6-12-10-8(7)4-3-5-9(10)11/h3-5,7,12H,2,6H2,1H3/t7-/m1/s1. The van der Waals surface area contributed by atoms with Gasteiger partial charge in [0.05, 0.1) is 5.69 Å². The van der Waals surface area contributed by atoms with Gasteiger partial charge >= 0.3 is 0 Å². The van der Waals surface area contributed by atoms with Crippen molar-refractivity contribution >= 4 is 21.6 Å². The van der Waals surface area contributed by atoms with E-state index in [1.54, 1.807) is 0 Å². The first-order valence-electron chi connectivity index (χ1n) is 4.35. The summed E-state index contributed by atoms with van der Waals surface area (Å²) in [4.78, 5) is 0. The van der Waals surface area contributed by atoms with E-state index >= 15 is 0 Å². The lowest BCUT2D eigenvalue weighted by molar-refractivity contribution is 0.727. The summed E-state index contributed by atoms with van der Waals surface area (Å²) < 4.78 is 1.19. The molecule has 0 fully saturated rings. The van der Waals surface area contributed by atoms with Crippen molar-refractivity contribution in [2.24, 2.45) is 0 Å². The fourth-order valence-electron chi connectivity index (χ4n) is 1.77. The van der Waals surface area contributed by atoms with Crippen LogP contribution in [0.5, 0.6) is 0 Å². The Morgan fingerprint density at radius 3 is 3.17 bits per heavy atom. The van der Waals surface area contributed by atoms with Crippen LogP contribution in [-0.4, -0.2) is 6.54 Å². The first kappa shape index (κ1) is 8.11. The van der Waals surface area contributed by atoms with Crippen LogP contribution in [0.4, 0.5) is 5.69 Å². The summed E-state index contributed by atoms with van der Waals surface area (Å²) in [5.41, 5.74) is 2.76. The first-order chi connectivity index (χ1) is 5.83. The predicted molar refractivity (Wildman–Crippen MR) is 55.7 cm³/mol. The summed E-state index contributed by atoms with van der Waals surface area (Å²) in [5, 5.41) is 3.42. The van der Waals surface area contributed by atoms with E-state index in [2.05, 4.69) is 46.4 Å². The molecular weight excluding hydrogens is 214 g/mol. The smallest absolute Gasteiger partial charge is 0.0520 e. The number of para-hydroxylation sites is 1. The lowest BCUT2D eigenvalue weighted by Crippen LogP contribution is -1.99. The van der Waals surface area contributed by atoms with Gasteiger partial charge in [-0.05, 0) is 34.0 Å². The topological polar surface area (TPSA) is 12.0 Å². The van der Waals surface area contributed by atoms with Crippen molar-refractivity contribution in [3.63, 3.8) is 0 Å². The van der Waals surface area contributed by atoms with Gasteiger partial charge in [0.2, 0.25) is 0 Å². The summed E-state index contributed by atoms with van der Waals surface area (Å²) in [6, 6.07) is 6.41. The van der Waals surface area contributed by atoms with Gasteiger partial charge in [-0.25, -0.2) is 0 Å². The monoisotopic (exact) mass is 225 g/mol. The molecule has 1 aromatic rings. The van der Waals surface area contributed by atoms with E-state index in [9.17, 15) is 0 Å². The van der Waals surface area contributed by atoms with Gasteiger partial charge in [-0.15, -0.1) is 0 Å². The van der Waals surface area contributed by atoms with Crippen molar-refractivity contribution in [1.82, 2.24) is 0 Å². The SMILES string of the molecule is CC[C@@H]1CNc2c(Br)cccc21. The van der Waals surface area contributed by atoms with Gasteiger partial charge < -0.3 is 5.32 Å². The third-order valence-corrected chi connectivity index (χ3v) is 3.16. The summed E-state index contributed by atoms with van der Waals surface area (Å²) in [7, 11) is 0. The predicted octanol–water partition coefficient (Wildman–Crippen LogP) is 3.37. The Morgan fingerprint density at radius 2 is 2.42 bits per heavy atom. The molecule has 0 spiro atoms. The summed E-state index contributed by atoms with van der Waals surface area (Å²) in [5.74, 6) is 0.706. The van der Waals surface area contributed by atoms with Gasteiger partial charge in [-0.1, -0.05) is 19.1 Å². The van der Waals surface area contributed by atoms with Crippen LogP contribution >= 0.6 is 15.9 Å². The third-order valence-electron chi connectivity index (χ3n) is 2.50. The van der Waals surface area contributed by atoms with E-state index < -0.39 is 0 Å². The molecule has 1 aliphatic heterocycles. The molecule has 1 aromatic carbocycles. The maximum atomic E-state index is 3.54. The molecule has 1 N–H and O–H groups in total. The molecule has 1 heterocycles. The molecule has 2 heteroatoms. The number of anilines is 1. The highest BCUT2D eigenvalue weighted by Gasteiger charge is 2.21. The molecule has 0 saturated carbocycles. The van der Waals surface area contributed by atoms with Crippen LogP contribution in [0.25, 0.3) is 0 Å². The van der Waals surface area contributed by atoms with E-state index in [0.29, 0.717) is 5.92 Å². The van der Waals surface area contributed by atoms with E-state index in [4.69, 9.17) is 0 Å². The number of halogens is 1. The minimum Gasteiger partial charge on any atom is -0.383 e. The van der Waals surface area contributed by atoms with Crippen molar-refractivity contribution in [1.29, 1.82) is 0 Å². The highest BCUT2D eigenvalue weighted by atomic mass is 79.9. The van der Waals surface area contributed by atoms with Crippen molar-refractivity contribution < 1.29 is 0 Å². The summed E-state index contributed by atoms with van der Waals surface area (Å²) >= 11 is 3.54. The van der Waals surface area contributed by atoms with Crippen molar-refractivity contribution in [3.05, 3.63) is 28.2 Å². The Balaban J connectivity index is 2.46. The number of hydrogen-bond donors (Lipinski definition) is 1. The van der Waals surface area contributed by atoms with Crippen LogP contribution in [0.15, 0.2) is 22.7 Å². The van der Waals surface area contributed by atoms with Gasteiger partial charge in [-0.3, -0.25) is 0 Å². The Hall–Kier alpha value is -0.500. The van der Waals surface area contributed by atoms with E-state index in [1.165, 1.54) is 22.1 Å². The zero-order chi connectivity index (χ0) is 8.55. The third kappa shape index (κ3) is 1.14. The van der Waals surface area contributed by atoms with Crippen LogP contribution in [0.3, 0.4) is 0 Å². The number of benzene rings is 1. The number of hydrogen-bond acceptors (Lipinski definition) is 1. The van der Waals surface area contributed by atoms with Gasteiger partial charge in [0.25, 0.3) is 0 Å². The fourth-order valence-corrected chi connectivity index (χ4v) is 2.29. The zero-order valence-electron chi connectivity index (χ0n) is 7.10. The highest BCUT2D eigenvalue weighted by Crippen LogP contribution is 2.38.